The minimum atomic E-state index is -5.91. The van der Waals surface area contributed by atoms with Crippen LogP contribution in [0.2, 0.25) is 0 Å². The quantitative estimate of drug-likeness (QED) is 0.613. The first-order valence-electron chi connectivity index (χ1n) is 3.42. The molecule has 0 rings (SSSR count). The summed E-state index contributed by atoms with van der Waals surface area (Å²) >= 11 is 1.05. The summed E-state index contributed by atoms with van der Waals surface area (Å²) in [4.78, 5) is 0. The summed E-state index contributed by atoms with van der Waals surface area (Å²) in [6.07, 6.45) is -12.2. The predicted molar refractivity (Wildman–Crippen MR) is 46.2 cm³/mol. The third kappa shape index (κ3) is 4.82. The molecule has 0 saturated carbocycles. The van der Waals surface area contributed by atoms with Crippen molar-refractivity contribution in [1.82, 2.24) is 0 Å². The molecule has 16 heavy (non-hydrogen) atoms. The molecule has 10 heteroatoms. The Labute approximate surface area is 98.2 Å². The fourth-order valence-corrected chi connectivity index (χ4v) is 0.985. The number of alkyl halides is 7. The molecule has 96 valence electrons. The lowest BCUT2D eigenvalue weighted by atomic mass is 10.2. The van der Waals surface area contributed by atoms with Crippen LogP contribution in [-0.2, 0) is 4.74 Å². The van der Waals surface area contributed by atoms with Crippen LogP contribution in [-0.4, -0.2) is 30.1 Å². The third-order valence-electron chi connectivity index (χ3n) is 1.14. The zero-order valence-corrected chi connectivity index (χ0v) is 9.32. The number of aliphatic hydroxyl groups is 1. The molecule has 0 aliphatic rings. The Balaban J connectivity index is 5.22. The fraction of sp³-hybridized carbons (Fsp3) is 0.667. The van der Waals surface area contributed by atoms with Crippen LogP contribution in [0.3, 0.4) is 0 Å². The summed E-state index contributed by atoms with van der Waals surface area (Å²) < 4.78 is 85.4. The fourth-order valence-electron chi connectivity index (χ4n) is 0.585. The Hall–Kier alpha value is -0.100. The Morgan fingerprint density at radius 3 is 1.81 bits per heavy atom. The molecule has 0 saturated heterocycles. The lowest BCUT2D eigenvalue weighted by Crippen LogP contribution is -2.45. The zero-order valence-electron chi connectivity index (χ0n) is 7.16. The number of halogens is 8. The molecule has 2 nitrogen and oxygen atoms in total. The van der Waals surface area contributed by atoms with E-state index >= 15 is 0 Å². The second-order valence-electron chi connectivity index (χ2n) is 2.44. The summed E-state index contributed by atoms with van der Waals surface area (Å²) in [5, 5.41) is 8.32. The monoisotopic (exact) mass is 368 g/mol. The van der Waals surface area contributed by atoms with Gasteiger partial charge in [-0.3, -0.25) is 0 Å². The average molecular weight is 368 g/mol. The molecule has 0 unspecified atom stereocenters. The molecule has 1 N–H and O–H groups in total. The van der Waals surface area contributed by atoms with Crippen molar-refractivity contribution in [3.8, 4) is 0 Å². The third-order valence-corrected chi connectivity index (χ3v) is 1.80. The van der Waals surface area contributed by atoms with E-state index in [2.05, 4.69) is 4.74 Å². The smallest absolute Gasteiger partial charge is 0.391 e. The number of aliphatic hydroxyl groups excluding tert-OH is 1. The molecule has 0 bridgehead atoms. The van der Waals surface area contributed by atoms with Crippen LogP contribution in [0.25, 0.3) is 0 Å². The van der Waals surface area contributed by atoms with Crippen LogP contribution in [0.5, 0.6) is 0 Å². The Morgan fingerprint density at radius 2 is 1.56 bits per heavy atom. The summed E-state index contributed by atoms with van der Waals surface area (Å²) in [7, 11) is 0. The maximum Gasteiger partial charge on any atom is 0.525 e. The van der Waals surface area contributed by atoms with Crippen molar-refractivity contribution in [1.29, 1.82) is 0 Å². The van der Waals surface area contributed by atoms with Crippen molar-refractivity contribution in [3.63, 3.8) is 0 Å². The Morgan fingerprint density at radius 1 is 1.12 bits per heavy atom. The Kier molecular flexibility index (Phi) is 5.01. The molecule has 1 atom stereocenters. The molecule has 0 aliphatic heterocycles. The number of ether oxygens (including phenoxy) is 1. The van der Waals surface area contributed by atoms with E-state index in [1.54, 1.807) is 0 Å². The first-order valence-corrected chi connectivity index (χ1v) is 4.50. The van der Waals surface area contributed by atoms with Crippen LogP contribution in [0, 0.1) is 0 Å². The van der Waals surface area contributed by atoms with E-state index in [0.717, 1.165) is 22.6 Å². The van der Waals surface area contributed by atoms with E-state index < -0.39 is 34.7 Å². The maximum absolute atomic E-state index is 13.0. The highest BCUT2D eigenvalue weighted by atomic mass is 127. The van der Waals surface area contributed by atoms with E-state index in [-0.39, 0.29) is 0 Å². The van der Waals surface area contributed by atoms with Crippen LogP contribution >= 0.6 is 22.6 Å². The standard InChI is InChI=1S/C6H4F7IO2/c7-4(5(8,9)10,1-3(14)2-15)16-6(11,12)13/h1,15H,2H2/b3-1-/t4-/m1/s1. The molecular formula is C6H4F7IO2. The van der Waals surface area contributed by atoms with Gasteiger partial charge in [-0.05, 0) is 22.6 Å². The van der Waals surface area contributed by atoms with Gasteiger partial charge in [-0.15, -0.1) is 13.2 Å². The van der Waals surface area contributed by atoms with E-state index in [4.69, 9.17) is 5.11 Å². The lowest BCUT2D eigenvalue weighted by Gasteiger charge is -2.25. The van der Waals surface area contributed by atoms with E-state index in [1.807, 2.05) is 0 Å². The minimum Gasteiger partial charge on any atom is -0.391 e. The molecule has 0 heterocycles. The second kappa shape index (κ2) is 5.04. The van der Waals surface area contributed by atoms with Gasteiger partial charge < -0.3 is 5.11 Å². The van der Waals surface area contributed by atoms with Gasteiger partial charge >= 0.3 is 18.4 Å². The first kappa shape index (κ1) is 15.9. The molecule has 0 aromatic rings. The highest BCUT2D eigenvalue weighted by molar-refractivity contribution is 14.1. The number of hydrogen-bond donors (Lipinski definition) is 1. The summed E-state index contributed by atoms with van der Waals surface area (Å²) in [5.41, 5.74) is 0. The van der Waals surface area contributed by atoms with E-state index in [1.165, 1.54) is 0 Å². The largest absolute Gasteiger partial charge is 0.525 e. The SMILES string of the molecule is OC/C(I)=C/[C@@](F)(OC(F)(F)F)C(F)(F)F. The first-order chi connectivity index (χ1) is 6.91. The number of hydrogen-bond acceptors (Lipinski definition) is 2. The second-order valence-corrected chi connectivity index (χ2v) is 3.83. The maximum atomic E-state index is 13.0. The molecule has 0 spiro atoms. The van der Waals surface area contributed by atoms with Crippen LogP contribution in [0.15, 0.2) is 9.66 Å². The highest BCUT2D eigenvalue weighted by Crippen LogP contribution is 2.41. The highest BCUT2D eigenvalue weighted by Gasteiger charge is 2.61. The normalized spacial score (nSPS) is 18.4. The van der Waals surface area contributed by atoms with Gasteiger partial charge in [0.1, 0.15) is 0 Å². The summed E-state index contributed by atoms with van der Waals surface area (Å²) in [6, 6.07) is 0. The predicted octanol–water partition coefficient (Wildman–Crippen LogP) is 3.06. The molecule has 0 aromatic carbocycles. The van der Waals surface area contributed by atoms with Gasteiger partial charge in [0.15, 0.2) is 0 Å². The summed E-state index contributed by atoms with van der Waals surface area (Å²) in [5.74, 6) is -5.01. The van der Waals surface area contributed by atoms with Gasteiger partial charge in [-0.25, -0.2) is 4.74 Å². The van der Waals surface area contributed by atoms with E-state index in [0.29, 0.717) is 0 Å². The van der Waals surface area contributed by atoms with Crippen molar-refractivity contribution in [2.24, 2.45) is 0 Å². The van der Waals surface area contributed by atoms with Gasteiger partial charge in [0, 0.05) is 9.66 Å². The molecule has 0 aliphatic carbocycles. The topological polar surface area (TPSA) is 29.5 Å². The van der Waals surface area contributed by atoms with Crippen molar-refractivity contribution in [3.05, 3.63) is 9.66 Å². The average Bonchev–Trinajstić information content (AvgIpc) is 1.98. The van der Waals surface area contributed by atoms with Crippen molar-refractivity contribution >= 4 is 22.6 Å². The van der Waals surface area contributed by atoms with Crippen molar-refractivity contribution in [2.45, 2.75) is 18.4 Å². The van der Waals surface area contributed by atoms with Gasteiger partial charge in [0.25, 0.3) is 0 Å². The van der Waals surface area contributed by atoms with Crippen LogP contribution in [0.4, 0.5) is 30.7 Å². The molecular weight excluding hydrogens is 364 g/mol. The minimum absolute atomic E-state index is 0.485. The van der Waals surface area contributed by atoms with Gasteiger partial charge in [-0.2, -0.15) is 17.6 Å². The molecule has 0 fully saturated rings. The Bertz CT molecular complexity index is 271. The van der Waals surface area contributed by atoms with Gasteiger partial charge in [-0.1, -0.05) is 0 Å². The van der Waals surface area contributed by atoms with Gasteiger partial charge in [0.2, 0.25) is 0 Å². The van der Waals surface area contributed by atoms with Crippen LogP contribution in [0.1, 0.15) is 0 Å². The van der Waals surface area contributed by atoms with Crippen LogP contribution < -0.4 is 0 Å². The van der Waals surface area contributed by atoms with Gasteiger partial charge in [0.05, 0.1) is 6.61 Å². The van der Waals surface area contributed by atoms with E-state index in [9.17, 15) is 30.7 Å². The zero-order chi connectivity index (χ0) is 13.2. The van der Waals surface area contributed by atoms with Crippen molar-refractivity contribution < 1.29 is 40.6 Å². The molecule has 0 aromatic heterocycles. The number of rotatable bonds is 3. The van der Waals surface area contributed by atoms with Crippen molar-refractivity contribution in [2.75, 3.05) is 6.61 Å². The lowest BCUT2D eigenvalue weighted by molar-refractivity contribution is -0.432. The molecule has 0 amide bonds. The summed E-state index contributed by atoms with van der Waals surface area (Å²) in [6.45, 7) is -1.04. The molecule has 0 radical (unpaired) electrons.